The van der Waals surface area contributed by atoms with Gasteiger partial charge in [0.05, 0.1) is 0 Å². The summed E-state index contributed by atoms with van der Waals surface area (Å²) in [6.07, 6.45) is 1.06. The number of methoxy groups -OCH3 is 4. The quantitative estimate of drug-likeness (QED) is 0.624. The summed E-state index contributed by atoms with van der Waals surface area (Å²) in [5.41, 5.74) is 0. The summed E-state index contributed by atoms with van der Waals surface area (Å²) in [6.45, 7) is 1.91. The second-order valence-electron chi connectivity index (χ2n) is 2.91. The number of hydrogen-bond acceptors (Lipinski definition) is 5. The lowest BCUT2D eigenvalue weighted by atomic mass is 10.1. The van der Waals surface area contributed by atoms with Crippen LogP contribution in [0.1, 0.15) is 19.8 Å². The molecule has 1 unspecified atom stereocenters. The summed E-state index contributed by atoms with van der Waals surface area (Å²) < 4.78 is 20.1. The van der Waals surface area contributed by atoms with Gasteiger partial charge in [0.25, 0.3) is 0 Å². The molecule has 0 radical (unpaired) electrons. The van der Waals surface area contributed by atoms with Crippen molar-refractivity contribution in [2.45, 2.75) is 31.5 Å². The van der Waals surface area contributed by atoms with Gasteiger partial charge in [0.15, 0.2) is 0 Å². The minimum absolute atomic E-state index is 0.346. The molecular formula is C9H20O5. The number of aliphatic hydroxyl groups is 1. The topological polar surface area (TPSA) is 57.2 Å². The third-order valence-corrected chi connectivity index (χ3v) is 2.21. The van der Waals surface area contributed by atoms with Crippen LogP contribution in [0.2, 0.25) is 0 Å². The van der Waals surface area contributed by atoms with Crippen LogP contribution in [0.4, 0.5) is 0 Å². The first kappa shape index (κ1) is 13.8. The maximum absolute atomic E-state index is 10.1. The second-order valence-corrected chi connectivity index (χ2v) is 2.91. The summed E-state index contributed by atoms with van der Waals surface area (Å²) in [4.78, 5) is 0. The molecule has 5 heteroatoms. The van der Waals surface area contributed by atoms with Gasteiger partial charge in [0.1, 0.15) is 0 Å². The zero-order chi connectivity index (χ0) is 11.2. The molecule has 14 heavy (non-hydrogen) atoms. The van der Waals surface area contributed by atoms with Gasteiger partial charge in [0.2, 0.25) is 5.79 Å². The van der Waals surface area contributed by atoms with Gasteiger partial charge in [-0.1, -0.05) is 13.3 Å². The molecule has 0 aliphatic rings. The first-order chi connectivity index (χ1) is 6.55. The highest BCUT2D eigenvalue weighted by Crippen LogP contribution is 2.32. The molecular weight excluding hydrogens is 188 g/mol. The van der Waals surface area contributed by atoms with Crippen molar-refractivity contribution < 1.29 is 24.1 Å². The van der Waals surface area contributed by atoms with Crippen LogP contribution in [0.25, 0.3) is 0 Å². The Bertz CT molecular complexity index is 149. The van der Waals surface area contributed by atoms with Crippen LogP contribution in [-0.2, 0) is 18.9 Å². The van der Waals surface area contributed by atoms with Crippen molar-refractivity contribution in [3.8, 4) is 0 Å². The first-order valence-corrected chi connectivity index (χ1v) is 4.48. The Morgan fingerprint density at radius 2 is 1.36 bits per heavy atom. The lowest BCUT2D eigenvalue weighted by Gasteiger charge is -2.41. The number of ether oxygens (including phenoxy) is 4. The number of hydrogen-bond donors (Lipinski definition) is 1. The molecule has 0 aromatic carbocycles. The van der Waals surface area contributed by atoms with Crippen LogP contribution in [0.3, 0.4) is 0 Å². The third-order valence-electron chi connectivity index (χ3n) is 2.21. The predicted octanol–water partition coefficient (Wildman–Crippen LogP) is 0.714. The average Bonchev–Trinajstić information content (AvgIpc) is 2.21. The van der Waals surface area contributed by atoms with Crippen LogP contribution >= 0.6 is 0 Å². The number of rotatable bonds is 7. The fourth-order valence-corrected chi connectivity index (χ4v) is 1.45. The van der Waals surface area contributed by atoms with Crippen molar-refractivity contribution in [3.05, 3.63) is 0 Å². The summed E-state index contributed by atoms with van der Waals surface area (Å²) in [6, 6.07) is 0. The SMILES string of the molecule is CCCC(O)(OC)C(OC)(OC)OC. The average molecular weight is 208 g/mol. The summed E-state index contributed by atoms with van der Waals surface area (Å²) in [5, 5.41) is 10.1. The van der Waals surface area contributed by atoms with E-state index in [-0.39, 0.29) is 0 Å². The molecule has 0 saturated carbocycles. The van der Waals surface area contributed by atoms with Crippen LogP contribution in [0.15, 0.2) is 0 Å². The fourth-order valence-electron chi connectivity index (χ4n) is 1.45. The Balaban J connectivity index is 4.90. The van der Waals surface area contributed by atoms with E-state index in [0.717, 1.165) is 0 Å². The Hall–Kier alpha value is -0.200. The smallest absolute Gasteiger partial charge is 0.339 e. The molecule has 0 saturated heterocycles. The van der Waals surface area contributed by atoms with E-state index in [4.69, 9.17) is 18.9 Å². The van der Waals surface area contributed by atoms with E-state index in [0.29, 0.717) is 12.8 Å². The molecule has 1 N–H and O–H groups in total. The fraction of sp³-hybridized carbons (Fsp3) is 1.00. The molecule has 0 aromatic heterocycles. The van der Waals surface area contributed by atoms with Gasteiger partial charge in [-0.3, -0.25) is 0 Å². The van der Waals surface area contributed by atoms with Gasteiger partial charge in [-0.25, -0.2) is 0 Å². The Kier molecular flexibility index (Phi) is 5.54. The van der Waals surface area contributed by atoms with E-state index in [9.17, 15) is 5.11 Å². The molecule has 86 valence electrons. The first-order valence-electron chi connectivity index (χ1n) is 4.48. The Morgan fingerprint density at radius 3 is 1.57 bits per heavy atom. The van der Waals surface area contributed by atoms with Gasteiger partial charge >= 0.3 is 5.97 Å². The van der Waals surface area contributed by atoms with E-state index in [1.807, 2.05) is 6.92 Å². The highest BCUT2D eigenvalue weighted by Gasteiger charge is 2.53. The van der Waals surface area contributed by atoms with Crippen LogP contribution < -0.4 is 0 Å². The van der Waals surface area contributed by atoms with Crippen molar-refractivity contribution in [2.24, 2.45) is 0 Å². The van der Waals surface area contributed by atoms with E-state index >= 15 is 0 Å². The molecule has 0 rings (SSSR count). The molecule has 0 amide bonds. The normalized spacial score (nSPS) is 16.7. The Labute approximate surface area is 84.9 Å². The lowest BCUT2D eigenvalue weighted by Crippen LogP contribution is -2.59. The summed E-state index contributed by atoms with van der Waals surface area (Å²) in [5.74, 6) is -3.20. The molecule has 5 nitrogen and oxygen atoms in total. The molecule has 0 heterocycles. The summed E-state index contributed by atoms with van der Waals surface area (Å²) in [7, 11) is 5.52. The van der Waals surface area contributed by atoms with Gasteiger partial charge in [-0.05, 0) is 0 Å². The molecule has 0 aromatic rings. The van der Waals surface area contributed by atoms with Gasteiger partial charge in [0, 0.05) is 34.9 Å². The van der Waals surface area contributed by atoms with Crippen LogP contribution in [0.5, 0.6) is 0 Å². The third kappa shape index (κ3) is 2.24. The molecule has 0 aliphatic heterocycles. The minimum Gasteiger partial charge on any atom is -0.359 e. The second kappa shape index (κ2) is 5.63. The maximum Gasteiger partial charge on any atom is 0.339 e. The summed E-state index contributed by atoms with van der Waals surface area (Å²) >= 11 is 0. The standard InChI is InChI=1S/C9H20O5/c1-6-7-8(10,11-2)9(12-3,13-4)14-5/h10H,6-7H2,1-5H3. The largest absolute Gasteiger partial charge is 0.359 e. The van der Waals surface area contributed by atoms with Gasteiger partial charge in [-0.2, -0.15) is 0 Å². The van der Waals surface area contributed by atoms with Crippen molar-refractivity contribution in [3.63, 3.8) is 0 Å². The molecule has 0 fully saturated rings. The van der Waals surface area contributed by atoms with Gasteiger partial charge < -0.3 is 24.1 Å². The van der Waals surface area contributed by atoms with E-state index in [1.54, 1.807) is 0 Å². The van der Waals surface area contributed by atoms with Crippen molar-refractivity contribution in [2.75, 3.05) is 28.4 Å². The minimum atomic E-state index is -1.61. The van der Waals surface area contributed by atoms with Gasteiger partial charge in [-0.15, -0.1) is 0 Å². The van der Waals surface area contributed by atoms with Crippen molar-refractivity contribution in [1.82, 2.24) is 0 Å². The van der Waals surface area contributed by atoms with Crippen LogP contribution in [-0.4, -0.2) is 45.3 Å². The molecule has 0 aliphatic carbocycles. The van der Waals surface area contributed by atoms with E-state index in [1.165, 1.54) is 28.4 Å². The molecule has 0 bridgehead atoms. The maximum atomic E-state index is 10.1. The Morgan fingerprint density at radius 1 is 0.929 bits per heavy atom. The monoisotopic (exact) mass is 208 g/mol. The van der Waals surface area contributed by atoms with E-state index < -0.39 is 11.8 Å². The lowest BCUT2D eigenvalue weighted by molar-refractivity contribution is -0.472. The van der Waals surface area contributed by atoms with Crippen molar-refractivity contribution >= 4 is 0 Å². The predicted molar refractivity (Wildman–Crippen MR) is 50.6 cm³/mol. The zero-order valence-electron chi connectivity index (χ0n) is 9.49. The van der Waals surface area contributed by atoms with Crippen LogP contribution in [0, 0.1) is 0 Å². The highest BCUT2D eigenvalue weighted by molar-refractivity contribution is 4.78. The molecule has 1 atom stereocenters. The van der Waals surface area contributed by atoms with Crippen molar-refractivity contribution in [1.29, 1.82) is 0 Å². The highest BCUT2D eigenvalue weighted by atomic mass is 16.9. The zero-order valence-corrected chi connectivity index (χ0v) is 9.49. The van der Waals surface area contributed by atoms with E-state index in [2.05, 4.69) is 0 Å². The molecule has 0 spiro atoms.